The maximum absolute atomic E-state index is 12.8. The van der Waals surface area contributed by atoms with E-state index in [2.05, 4.69) is 15.2 Å². The number of ether oxygens (including phenoxy) is 1. The van der Waals surface area contributed by atoms with Crippen molar-refractivity contribution in [3.05, 3.63) is 46.9 Å². The molecule has 7 heteroatoms. The lowest BCUT2D eigenvalue weighted by Crippen LogP contribution is -2.42. The minimum Gasteiger partial charge on any atom is -0.378 e. The molecule has 2 aromatic rings. The molecule has 142 valence electrons. The summed E-state index contributed by atoms with van der Waals surface area (Å²) in [4.78, 5) is 26.2. The van der Waals surface area contributed by atoms with Crippen molar-refractivity contribution >= 4 is 17.5 Å². The van der Waals surface area contributed by atoms with E-state index in [1.54, 1.807) is 0 Å². The Labute approximate surface area is 159 Å². The van der Waals surface area contributed by atoms with Crippen LogP contribution in [0.1, 0.15) is 22.6 Å². The first kappa shape index (κ1) is 17.7. The molecule has 0 aliphatic carbocycles. The van der Waals surface area contributed by atoms with Crippen molar-refractivity contribution in [2.24, 2.45) is 0 Å². The van der Waals surface area contributed by atoms with Gasteiger partial charge in [-0.1, -0.05) is 17.7 Å². The number of rotatable bonds is 2. The van der Waals surface area contributed by atoms with Gasteiger partial charge in [0.2, 0.25) is 0 Å². The van der Waals surface area contributed by atoms with Gasteiger partial charge in [-0.3, -0.25) is 0 Å². The monoisotopic (exact) mass is 367 g/mol. The quantitative estimate of drug-likeness (QED) is 0.883. The first-order valence-electron chi connectivity index (χ1n) is 9.42. The van der Waals surface area contributed by atoms with E-state index in [0.29, 0.717) is 26.3 Å². The molecule has 1 aromatic carbocycles. The first-order valence-corrected chi connectivity index (χ1v) is 9.42. The molecule has 0 spiro atoms. The Morgan fingerprint density at radius 3 is 2.56 bits per heavy atom. The van der Waals surface area contributed by atoms with Gasteiger partial charge in [0.1, 0.15) is 11.6 Å². The highest BCUT2D eigenvalue weighted by Crippen LogP contribution is 2.27. The third kappa shape index (κ3) is 3.88. The molecule has 0 radical (unpaired) electrons. The van der Waals surface area contributed by atoms with E-state index < -0.39 is 0 Å². The van der Waals surface area contributed by atoms with Gasteiger partial charge in [0.05, 0.1) is 25.5 Å². The largest absolute Gasteiger partial charge is 0.378 e. The number of carbonyl (C=O) groups excluding carboxylic acids is 1. The van der Waals surface area contributed by atoms with E-state index in [4.69, 9.17) is 9.72 Å². The van der Waals surface area contributed by atoms with E-state index >= 15 is 0 Å². The number of nitrogens with one attached hydrogen (secondary N) is 1. The minimum atomic E-state index is -0.0852. The number of hydrogen-bond acceptors (Lipinski definition) is 5. The Morgan fingerprint density at radius 1 is 1.07 bits per heavy atom. The molecule has 7 nitrogen and oxygen atoms in total. The fraction of sp³-hybridized carbons (Fsp3) is 0.450. The molecule has 0 atom stereocenters. The lowest BCUT2D eigenvalue weighted by Gasteiger charge is -2.34. The number of aromatic nitrogens is 2. The zero-order valence-corrected chi connectivity index (χ0v) is 15.9. The maximum Gasteiger partial charge on any atom is 0.322 e. The zero-order chi connectivity index (χ0) is 18.8. The van der Waals surface area contributed by atoms with Crippen LogP contribution in [0.3, 0.4) is 0 Å². The molecule has 1 fully saturated rings. The lowest BCUT2D eigenvalue weighted by molar-refractivity contribution is 0.122. The van der Waals surface area contributed by atoms with Crippen molar-refractivity contribution in [1.82, 2.24) is 14.9 Å². The zero-order valence-electron chi connectivity index (χ0n) is 15.9. The predicted molar refractivity (Wildman–Crippen MR) is 104 cm³/mol. The average Bonchev–Trinajstić information content (AvgIpc) is 2.69. The van der Waals surface area contributed by atoms with Crippen LogP contribution in [0.15, 0.2) is 24.3 Å². The van der Waals surface area contributed by atoms with Crippen LogP contribution in [0.5, 0.6) is 0 Å². The number of anilines is 2. The van der Waals surface area contributed by atoms with Crippen LogP contribution < -0.4 is 10.2 Å². The minimum absolute atomic E-state index is 0.0852. The van der Waals surface area contributed by atoms with Crippen molar-refractivity contribution in [3.63, 3.8) is 0 Å². The fourth-order valence-corrected chi connectivity index (χ4v) is 3.57. The molecule has 1 saturated heterocycles. The standard InChI is InChI=1S/C20H25N5O2/c1-14-3-5-16(6-4-14)23-20(26)25-8-7-18-17(13-25)19(22-15(2)21-18)24-9-11-27-12-10-24/h3-6H,7-13H2,1-2H3,(H,23,26). The lowest BCUT2D eigenvalue weighted by atomic mass is 10.1. The molecule has 2 aliphatic heterocycles. The average molecular weight is 367 g/mol. The van der Waals surface area contributed by atoms with E-state index in [-0.39, 0.29) is 6.03 Å². The van der Waals surface area contributed by atoms with Gasteiger partial charge in [0.15, 0.2) is 0 Å². The van der Waals surface area contributed by atoms with Crippen molar-refractivity contribution in [2.45, 2.75) is 26.8 Å². The molecule has 1 aromatic heterocycles. The summed E-state index contributed by atoms with van der Waals surface area (Å²) in [5.41, 5.74) is 4.10. The highest BCUT2D eigenvalue weighted by Gasteiger charge is 2.27. The molecule has 2 amide bonds. The Balaban J connectivity index is 1.54. The number of nitrogens with zero attached hydrogens (tertiary/aromatic N) is 4. The Hall–Kier alpha value is -2.67. The Kier molecular flexibility index (Phi) is 4.94. The van der Waals surface area contributed by atoms with Crippen molar-refractivity contribution < 1.29 is 9.53 Å². The molecule has 1 N–H and O–H groups in total. The van der Waals surface area contributed by atoms with Crippen molar-refractivity contribution in [3.8, 4) is 0 Å². The number of fused-ring (bicyclic) bond motifs is 1. The normalized spacial score (nSPS) is 16.8. The van der Waals surface area contributed by atoms with Gasteiger partial charge < -0.3 is 19.9 Å². The Bertz CT molecular complexity index is 831. The molecule has 27 heavy (non-hydrogen) atoms. The summed E-state index contributed by atoms with van der Waals surface area (Å²) in [6.07, 6.45) is 0.747. The predicted octanol–water partition coefficient (Wildman–Crippen LogP) is 2.52. The molecule has 0 bridgehead atoms. The molecule has 0 saturated carbocycles. The third-order valence-electron chi connectivity index (χ3n) is 5.05. The summed E-state index contributed by atoms with van der Waals surface area (Å²) in [5, 5.41) is 2.99. The number of amides is 2. The van der Waals surface area contributed by atoms with Crippen LogP contribution in [0.25, 0.3) is 0 Å². The second-order valence-corrected chi connectivity index (χ2v) is 7.09. The van der Waals surface area contributed by atoms with Crippen LogP contribution in [-0.4, -0.2) is 53.7 Å². The maximum atomic E-state index is 12.8. The van der Waals surface area contributed by atoms with Gasteiger partial charge in [-0.15, -0.1) is 0 Å². The molecular weight excluding hydrogens is 342 g/mol. The van der Waals surface area contributed by atoms with Crippen LogP contribution in [0, 0.1) is 13.8 Å². The van der Waals surface area contributed by atoms with Crippen LogP contribution in [-0.2, 0) is 17.7 Å². The number of hydrogen-bond donors (Lipinski definition) is 1. The third-order valence-corrected chi connectivity index (χ3v) is 5.05. The van der Waals surface area contributed by atoms with E-state index in [1.165, 1.54) is 5.56 Å². The van der Waals surface area contributed by atoms with Crippen LogP contribution in [0.4, 0.5) is 16.3 Å². The van der Waals surface area contributed by atoms with E-state index in [9.17, 15) is 4.79 Å². The van der Waals surface area contributed by atoms with Gasteiger partial charge in [-0.25, -0.2) is 14.8 Å². The first-order chi connectivity index (χ1) is 13.1. The summed E-state index contributed by atoms with van der Waals surface area (Å²) in [6, 6.07) is 7.76. The summed E-state index contributed by atoms with van der Waals surface area (Å²) < 4.78 is 5.47. The highest BCUT2D eigenvalue weighted by molar-refractivity contribution is 5.89. The van der Waals surface area contributed by atoms with Crippen molar-refractivity contribution in [1.29, 1.82) is 0 Å². The number of urea groups is 1. The highest BCUT2D eigenvalue weighted by atomic mass is 16.5. The number of carbonyl (C=O) groups is 1. The smallest absolute Gasteiger partial charge is 0.322 e. The van der Waals surface area contributed by atoms with Gasteiger partial charge in [-0.05, 0) is 26.0 Å². The summed E-state index contributed by atoms with van der Waals surface area (Å²) in [5.74, 6) is 1.74. The fourth-order valence-electron chi connectivity index (χ4n) is 3.57. The second kappa shape index (κ2) is 7.52. The van der Waals surface area contributed by atoms with E-state index in [1.807, 2.05) is 43.0 Å². The van der Waals surface area contributed by atoms with Gasteiger partial charge in [0.25, 0.3) is 0 Å². The summed E-state index contributed by atoms with van der Waals surface area (Å²) >= 11 is 0. The van der Waals surface area contributed by atoms with Gasteiger partial charge >= 0.3 is 6.03 Å². The number of aryl methyl sites for hydroxylation is 2. The van der Waals surface area contributed by atoms with Crippen LogP contribution in [0.2, 0.25) is 0 Å². The topological polar surface area (TPSA) is 70.6 Å². The Morgan fingerprint density at radius 2 is 1.81 bits per heavy atom. The number of morpholine rings is 1. The van der Waals surface area contributed by atoms with Crippen LogP contribution >= 0.6 is 0 Å². The summed E-state index contributed by atoms with van der Waals surface area (Å²) in [6.45, 7) is 8.19. The van der Waals surface area contributed by atoms with Crippen molar-refractivity contribution in [2.75, 3.05) is 43.1 Å². The molecule has 2 aliphatic rings. The molecule has 0 unspecified atom stereocenters. The molecular formula is C20H25N5O2. The van der Waals surface area contributed by atoms with Gasteiger partial charge in [0, 0.05) is 37.3 Å². The summed E-state index contributed by atoms with van der Waals surface area (Å²) in [7, 11) is 0. The molecule has 3 heterocycles. The van der Waals surface area contributed by atoms with E-state index in [0.717, 1.165) is 48.1 Å². The SMILES string of the molecule is Cc1ccc(NC(=O)N2CCc3nc(C)nc(N4CCOCC4)c3C2)cc1. The van der Waals surface area contributed by atoms with Gasteiger partial charge in [-0.2, -0.15) is 0 Å². The second-order valence-electron chi connectivity index (χ2n) is 7.09. The molecule has 4 rings (SSSR count). The number of benzene rings is 1.